The number of hydrogen-bond donors (Lipinski definition) is 1. The number of carbonyl (C=O) groups excluding carboxylic acids is 1. The minimum absolute atomic E-state index is 0.0820. The Morgan fingerprint density at radius 1 is 1.53 bits per heavy atom. The summed E-state index contributed by atoms with van der Waals surface area (Å²) >= 11 is 0. The van der Waals surface area contributed by atoms with Crippen molar-refractivity contribution in [3.8, 4) is 0 Å². The van der Waals surface area contributed by atoms with E-state index in [0.29, 0.717) is 12.1 Å². The van der Waals surface area contributed by atoms with Crippen LogP contribution in [0.5, 0.6) is 0 Å². The summed E-state index contributed by atoms with van der Waals surface area (Å²) in [6.45, 7) is 4.86. The topological polar surface area (TPSA) is 60.3 Å². The Hall–Kier alpha value is -1.62. The second-order valence-corrected chi connectivity index (χ2v) is 5.05. The van der Waals surface area contributed by atoms with Gasteiger partial charge in [0.25, 0.3) is 11.5 Å². The molecule has 1 N–H and O–H groups in total. The summed E-state index contributed by atoms with van der Waals surface area (Å²) in [6, 6.07) is 1.85. The highest BCUT2D eigenvalue weighted by Gasteiger charge is 2.19. The molecule has 0 aromatic carbocycles. The number of nitrogens with zero attached hydrogens (tertiary/aromatic N) is 1. The maximum atomic E-state index is 12.1. The minimum Gasteiger partial charge on any atom is -0.376 e. The predicted molar refractivity (Wildman–Crippen MR) is 72.5 cm³/mol. The third kappa shape index (κ3) is 2.87. The number of rotatable bonds is 3. The van der Waals surface area contributed by atoms with Gasteiger partial charge < -0.3 is 14.6 Å². The van der Waals surface area contributed by atoms with Gasteiger partial charge in [-0.3, -0.25) is 9.59 Å². The summed E-state index contributed by atoms with van der Waals surface area (Å²) < 4.78 is 6.94. The van der Waals surface area contributed by atoms with Crippen LogP contribution in [-0.2, 0) is 11.8 Å². The molecule has 0 saturated carbocycles. The van der Waals surface area contributed by atoms with Crippen molar-refractivity contribution in [1.82, 2.24) is 9.88 Å². The molecule has 0 aliphatic carbocycles. The van der Waals surface area contributed by atoms with Crippen molar-refractivity contribution in [1.29, 1.82) is 0 Å². The zero-order valence-electron chi connectivity index (χ0n) is 11.7. The molecular weight excluding hydrogens is 244 g/mol. The van der Waals surface area contributed by atoms with E-state index in [-0.39, 0.29) is 23.1 Å². The lowest BCUT2D eigenvalue weighted by atomic mass is 10.1. The summed E-state index contributed by atoms with van der Waals surface area (Å²) in [7, 11) is 1.67. The van der Waals surface area contributed by atoms with Gasteiger partial charge >= 0.3 is 0 Å². The molecule has 1 fully saturated rings. The van der Waals surface area contributed by atoms with Crippen LogP contribution in [0.15, 0.2) is 10.9 Å². The fourth-order valence-corrected chi connectivity index (χ4v) is 2.36. The van der Waals surface area contributed by atoms with E-state index in [9.17, 15) is 9.59 Å². The molecule has 1 amide bonds. The molecule has 1 aromatic heterocycles. The fourth-order valence-electron chi connectivity index (χ4n) is 2.36. The van der Waals surface area contributed by atoms with E-state index in [0.717, 1.165) is 25.1 Å². The van der Waals surface area contributed by atoms with Gasteiger partial charge in [-0.25, -0.2) is 0 Å². The number of hydrogen-bond acceptors (Lipinski definition) is 3. The van der Waals surface area contributed by atoms with Crippen molar-refractivity contribution < 1.29 is 9.53 Å². The SMILES string of the molecule is Cc1cc(C)n(C)c(=O)c1C(=O)NC[C@@H]1CCCO1. The molecule has 1 saturated heterocycles. The Bertz CT molecular complexity index is 542. The molecule has 104 valence electrons. The zero-order chi connectivity index (χ0) is 14.0. The minimum atomic E-state index is -0.311. The molecule has 0 radical (unpaired) electrons. The van der Waals surface area contributed by atoms with Crippen molar-refractivity contribution in [2.75, 3.05) is 13.2 Å². The van der Waals surface area contributed by atoms with Crippen LogP contribution in [0.25, 0.3) is 0 Å². The maximum Gasteiger partial charge on any atom is 0.263 e. The van der Waals surface area contributed by atoms with E-state index in [1.54, 1.807) is 14.0 Å². The molecule has 19 heavy (non-hydrogen) atoms. The van der Waals surface area contributed by atoms with Gasteiger partial charge in [-0.1, -0.05) is 0 Å². The van der Waals surface area contributed by atoms with E-state index >= 15 is 0 Å². The highest BCUT2D eigenvalue weighted by Crippen LogP contribution is 2.11. The van der Waals surface area contributed by atoms with Crippen LogP contribution in [0.4, 0.5) is 0 Å². The molecule has 1 atom stereocenters. The van der Waals surface area contributed by atoms with Crippen LogP contribution in [0.3, 0.4) is 0 Å². The fraction of sp³-hybridized carbons (Fsp3) is 0.571. The van der Waals surface area contributed by atoms with Crippen molar-refractivity contribution in [2.45, 2.75) is 32.8 Å². The molecule has 1 aliphatic rings. The second-order valence-electron chi connectivity index (χ2n) is 5.05. The average Bonchev–Trinajstić information content (AvgIpc) is 2.86. The Morgan fingerprint density at radius 2 is 2.26 bits per heavy atom. The van der Waals surface area contributed by atoms with Crippen LogP contribution in [-0.4, -0.2) is 29.7 Å². The standard InChI is InChI=1S/C14H20N2O3/c1-9-7-10(2)16(3)14(18)12(9)13(17)15-8-11-5-4-6-19-11/h7,11H,4-6,8H2,1-3H3,(H,15,17)/t11-/m0/s1. The highest BCUT2D eigenvalue weighted by molar-refractivity contribution is 5.95. The molecule has 0 bridgehead atoms. The van der Waals surface area contributed by atoms with Gasteiger partial charge in [0.1, 0.15) is 5.56 Å². The molecule has 5 heteroatoms. The third-order valence-electron chi connectivity index (χ3n) is 3.61. The summed E-state index contributed by atoms with van der Waals surface area (Å²) in [5.41, 5.74) is 1.54. The lowest BCUT2D eigenvalue weighted by Gasteiger charge is -2.13. The smallest absolute Gasteiger partial charge is 0.263 e. The summed E-state index contributed by atoms with van der Waals surface area (Å²) in [5, 5.41) is 2.79. The number of aromatic nitrogens is 1. The summed E-state index contributed by atoms with van der Waals surface area (Å²) in [4.78, 5) is 24.2. The Balaban J connectivity index is 2.14. The maximum absolute atomic E-state index is 12.1. The van der Waals surface area contributed by atoms with Gasteiger partial charge in [-0.05, 0) is 38.3 Å². The predicted octanol–water partition coefficient (Wildman–Crippen LogP) is 0.911. The molecule has 1 aromatic rings. The number of amides is 1. The first-order chi connectivity index (χ1) is 9.00. The highest BCUT2D eigenvalue weighted by atomic mass is 16.5. The first-order valence-corrected chi connectivity index (χ1v) is 6.57. The molecule has 1 aliphatic heterocycles. The van der Waals surface area contributed by atoms with E-state index in [4.69, 9.17) is 4.74 Å². The quantitative estimate of drug-likeness (QED) is 0.882. The lowest BCUT2D eigenvalue weighted by Crippen LogP contribution is -2.37. The number of pyridine rings is 1. The zero-order valence-corrected chi connectivity index (χ0v) is 11.7. The Labute approximate surface area is 112 Å². The van der Waals surface area contributed by atoms with E-state index < -0.39 is 0 Å². The molecule has 0 unspecified atom stereocenters. The van der Waals surface area contributed by atoms with E-state index in [2.05, 4.69) is 5.32 Å². The van der Waals surface area contributed by atoms with E-state index in [1.807, 2.05) is 13.0 Å². The molecule has 2 heterocycles. The summed E-state index contributed by atoms with van der Waals surface area (Å²) in [6.07, 6.45) is 2.08. The first-order valence-electron chi connectivity index (χ1n) is 6.57. The van der Waals surface area contributed by atoms with Gasteiger partial charge in [-0.2, -0.15) is 0 Å². The van der Waals surface area contributed by atoms with Crippen molar-refractivity contribution in [2.24, 2.45) is 7.05 Å². The number of ether oxygens (including phenoxy) is 1. The number of aryl methyl sites for hydroxylation is 2. The normalized spacial score (nSPS) is 18.6. The van der Waals surface area contributed by atoms with Crippen LogP contribution in [0, 0.1) is 13.8 Å². The molecule has 2 rings (SSSR count). The lowest BCUT2D eigenvalue weighted by molar-refractivity contribution is 0.0855. The van der Waals surface area contributed by atoms with Crippen LogP contribution >= 0.6 is 0 Å². The van der Waals surface area contributed by atoms with Crippen molar-refractivity contribution >= 4 is 5.91 Å². The van der Waals surface area contributed by atoms with Gasteiger partial charge in [-0.15, -0.1) is 0 Å². The first kappa shape index (κ1) is 13.8. The molecule has 5 nitrogen and oxygen atoms in total. The van der Waals surface area contributed by atoms with Crippen molar-refractivity contribution in [3.63, 3.8) is 0 Å². The number of nitrogens with one attached hydrogen (secondary N) is 1. The van der Waals surface area contributed by atoms with Crippen LogP contribution in [0.1, 0.15) is 34.5 Å². The monoisotopic (exact) mass is 264 g/mol. The molecule has 0 spiro atoms. The number of carbonyl (C=O) groups is 1. The second kappa shape index (κ2) is 5.57. The largest absolute Gasteiger partial charge is 0.376 e. The Morgan fingerprint density at radius 3 is 2.89 bits per heavy atom. The average molecular weight is 264 g/mol. The van der Waals surface area contributed by atoms with Gasteiger partial charge in [0, 0.05) is 25.9 Å². The Kier molecular flexibility index (Phi) is 4.04. The van der Waals surface area contributed by atoms with Gasteiger partial charge in [0.15, 0.2) is 0 Å². The summed E-state index contributed by atoms with van der Waals surface area (Å²) in [5.74, 6) is -0.311. The third-order valence-corrected chi connectivity index (χ3v) is 3.61. The van der Waals surface area contributed by atoms with Gasteiger partial charge in [0.2, 0.25) is 0 Å². The molecular formula is C14H20N2O3. The van der Waals surface area contributed by atoms with Gasteiger partial charge in [0.05, 0.1) is 6.10 Å². The van der Waals surface area contributed by atoms with Crippen molar-refractivity contribution in [3.05, 3.63) is 33.2 Å². The van der Waals surface area contributed by atoms with Crippen LogP contribution < -0.4 is 10.9 Å². The van der Waals surface area contributed by atoms with E-state index in [1.165, 1.54) is 4.57 Å². The van der Waals surface area contributed by atoms with Crippen LogP contribution in [0.2, 0.25) is 0 Å².